The number of nitrogens with zero attached hydrogens (tertiary/aromatic N) is 3. The predicted molar refractivity (Wildman–Crippen MR) is 97.0 cm³/mol. The molecule has 1 aliphatic heterocycles. The van der Waals surface area contributed by atoms with E-state index in [4.69, 9.17) is 0 Å². The van der Waals surface area contributed by atoms with Gasteiger partial charge in [0.2, 0.25) is 5.91 Å². The van der Waals surface area contributed by atoms with E-state index in [0.29, 0.717) is 25.1 Å². The molecule has 1 fully saturated rings. The lowest BCUT2D eigenvalue weighted by atomic mass is 9.98. The molecule has 5 nitrogen and oxygen atoms in total. The van der Waals surface area contributed by atoms with Crippen LogP contribution in [0.4, 0.5) is 4.39 Å². The van der Waals surface area contributed by atoms with E-state index in [0.717, 1.165) is 12.4 Å². The Kier molecular flexibility index (Phi) is 6.56. The number of imidazole rings is 1. The molecule has 136 valence electrons. The van der Waals surface area contributed by atoms with Gasteiger partial charge in [-0.3, -0.25) is 4.79 Å². The smallest absolute Gasteiger partial charge is 0.226 e. The maximum atomic E-state index is 13.9. The van der Waals surface area contributed by atoms with Gasteiger partial charge in [0.1, 0.15) is 17.7 Å². The highest BCUT2D eigenvalue weighted by Gasteiger charge is 2.32. The number of hydrogen-bond donors (Lipinski definition) is 1. The van der Waals surface area contributed by atoms with Gasteiger partial charge in [-0.15, -0.1) is 12.4 Å². The molecule has 0 spiro atoms. The molecule has 0 bridgehead atoms. The zero-order valence-corrected chi connectivity index (χ0v) is 15.3. The van der Waals surface area contributed by atoms with Crippen LogP contribution in [0.2, 0.25) is 0 Å². The highest BCUT2D eigenvalue weighted by Crippen LogP contribution is 2.24. The molecule has 0 aliphatic carbocycles. The molecule has 25 heavy (non-hydrogen) atoms. The Labute approximate surface area is 153 Å². The third-order valence-corrected chi connectivity index (χ3v) is 4.59. The van der Waals surface area contributed by atoms with E-state index >= 15 is 0 Å². The molecule has 1 amide bonds. The van der Waals surface area contributed by atoms with Crippen LogP contribution >= 0.6 is 12.4 Å². The summed E-state index contributed by atoms with van der Waals surface area (Å²) in [4.78, 5) is 19.2. The second-order valence-corrected chi connectivity index (χ2v) is 6.34. The Balaban J connectivity index is 0.00000225. The highest BCUT2D eigenvalue weighted by atomic mass is 35.5. The minimum atomic E-state index is -0.275. The van der Waals surface area contributed by atoms with Crippen molar-refractivity contribution in [1.82, 2.24) is 19.8 Å². The van der Waals surface area contributed by atoms with E-state index in [1.165, 1.54) is 6.07 Å². The molecule has 1 aromatic carbocycles. The minimum Gasteiger partial charge on any atom is -0.336 e. The molecular weight excluding hydrogens is 343 g/mol. The van der Waals surface area contributed by atoms with Crippen molar-refractivity contribution in [3.05, 3.63) is 53.9 Å². The quantitative estimate of drug-likeness (QED) is 0.903. The number of carbonyl (C=O) groups excluding carboxylic acids is 1. The predicted octanol–water partition coefficient (Wildman–Crippen LogP) is 2.33. The number of nitrogens with one attached hydrogen (secondary N) is 1. The monoisotopic (exact) mass is 366 g/mol. The fourth-order valence-electron chi connectivity index (χ4n) is 3.26. The van der Waals surface area contributed by atoms with Crippen molar-refractivity contribution in [1.29, 1.82) is 0 Å². The number of hydrogen-bond acceptors (Lipinski definition) is 3. The third kappa shape index (κ3) is 4.19. The van der Waals surface area contributed by atoms with E-state index in [-0.39, 0.29) is 36.1 Å². The number of amides is 1. The SMILES string of the molecule is CC(Cc1ccccc1F)C(=O)N1CCNCC1c1nccn1C.Cl. The van der Waals surface area contributed by atoms with Crippen LogP contribution in [0.3, 0.4) is 0 Å². The number of rotatable bonds is 4. The summed E-state index contributed by atoms with van der Waals surface area (Å²) >= 11 is 0. The van der Waals surface area contributed by atoms with Crippen LogP contribution in [-0.4, -0.2) is 40.0 Å². The standard InChI is InChI=1S/C18H23FN4O.ClH/c1-13(11-14-5-3-4-6-15(14)19)18(24)23-10-7-20-12-16(23)17-21-8-9-22(17)2;/h3-6,8-9,13,16,20H,7,10-12H2,1-2H3;1H. The fourth-order valence-corrected chi connectivity index (χ4v) is 3.26. The maximum absolute atomic E-state index is 13.9. The van der Waals surface area contributed by atoms with E-state index in [9.17, 15) is 9.18 Å². The summed E-state index contributed by atoms with van der Waals surface area (Å²) in [6, 6.07) is 6.56. The van der Waals surface area contributed by atoms with Crippen molar-refractivity contribution in [3.8, 4) is 0 Å². The average Bonchev–Trinajstić information content (AvgIpc) is 3.02. The van der Waals surface area contributed by atoms with Crippen LogP contribution in [-0.2, 0) is 18.3 Å². The van der Waals surface area contributed by atoms with Gasteiger partial charge in [-0.2, -0.15) is 0 Å². The lowest BCUT2D eigenvalue weighted by molar-refractivity contribution is -0.138. The molecule has 3 rings (SSSR count). The van der Waals surface area contributed by atoms with Gasteiger partial charge < -0.3 is 14.8 Å². The second-order valence-electron chi connectivity index (χ2n) is 6.34. The highest BCUT2D eigenvalue weighted by molar-refractivity contribution is 5.85. The Morgan fingerprint density at radius 2 is 2.20 bits per heavy atom. The van der Waals surface area contributed by atoms with Crippen molar-refractivity contribution in [3.63, 3.8) is 0 Å². The molecule has 2 heterocycles. The Morgan fingerprint density at radius 1 is 1.44 bits per heavy atom. The number of carbonyl (C=O) groups is 1. The molecule has 1 N–H and O–H groups in total. The van der Waals surface area contributed by atoms with Crippen molar-refractivity contribution in [2.75, 3.05) is 19.6 Å². The lowest BCUT2D eigenvalue weighted by Crippen LogP contribution is -2.51. The first-order valence-corrected chi connectivity index (χ1v) is 8.29. The second kappa shape index (κ2) is 8.45. The third-order valence-electron chi connectivity index (χ3n) is 4.59. The molecule has 7 heteroatoms. The summed E-state index contributed by atoms with van der Waals surface area (Å²) in [6.07, 6.45) is 4.04. The van der Waals surface area contributed by atoms with Crippen LogP contribution in [0.25, 0.3) is 0 Å². The normalized spacial score (nSPS) is 18.5. The summed E-state index contributed by atoms with van der Waals surface area (Å²) < 4.78 is 15.8. The van der Waals surface area contributed by atoms with Gasteiger partial charge in [-0.25, -0.2) is 9.37 Å². The Hall–Kier alpha value is -1.92. The largest absolute Gasteiger partial charge is 0.336 e. The molecule has 2 atom stereocenters. The minimum absolute atomic E-state index is 0. The van der Waals surface area contributed by atoms with E-state index in [1.54, 1.807) is 24.4 Å². The van der Waals surface area contributed by atoms with E-state index < -0.39 is 0 Å². The zero-order valence-electron chi connectivity index (χ0n) is 14.5. The summed E-state index contributed by atoms with van der Waals surface area (Å²) in [5, 5.41) is 3.33. The lowest BCUT2D eigenvalue weighted by Gasteiger charge is -2.37. The van der Waals surface area contributed by atoms with E-state index in [2.05, 4.69) is 10.3 Å². The van der Waals surface area contributed by atoms with Crippen molar-refractivity contribution < 1.29 is 9.18 Å². The van der Waals surface area contributed by atoms with Crippen molar-refractivity contribution in [2.45, 2.75) is 19.4 Å². The molecule has 0 radical (unpaired) electrons. The summed E-state index contributed by atoms with van der Waals surface area (Å²) in [5.41, 5.74) is 0.585. The fraction of sp³-hybridized carbons (Fsp3) is 0.444. The number of halogens is 2. The van der Waals surface area contributed by atoms with Crippen LogP contribution < -0.4 is 5.32 Å². The van der Waals surface area contributed by atoms with Gasteiger partial charge in [-0.05, 0) is 18.1 Å². The molecule has 0 saturated carbocycles. The molecule has 2 aromatic rings. The first kappa shape index (κ1) is 19.4. The number of aromatic nitrogens is 2. The molecule has 1 aliphatic rings. The van der Waals surface area contributed by atoms with Crippen LogP contribution in [0.5, 0.6) is 0 Å². The van der Waals surface area contributed by atoms with Gasteiger partial charge in [-0.1, -0.05) is 25.1 Å². The van der Waals surface area contributed by atoms with Gasteiger partial charge in [0.15, 0.2) is 0 Å². The summed E-state index contributed by atoms with van der Waals surface area (Å²) in [7, 11) is 1.93. The zero-order chi connectivity index (χ0) is 17.1. The maximum Gasteiger partial charge on any atom is 0.226 e. The summed E-state index contributed by atoms with van der Waals surface area (Å²) in [5.74, 6) is 0.391. The van der Waals surface area contributed by atoms with Gasteiger partial charge in [0.05, 0.1) is 0 Å². The van der Waals surface area contributed by atoms with E-state index in [1.807, 2.05) is 29.6 Å². The summed E-state index contributed by atoms with van der Waals surface area (Å²) in [6.45, 7) is 3.95. The van der Waals surface area contributed by atoms with Crippen LogP contribution in [0.15, 0.2) is 36.7 Å². The molecule has 2 unspecified atom stereocenters. The van der Waals surface area contributed by atoms with Crippen molar-refractivity contribution in [2.24, 2.45) is 13.0 Å². The first-order valence-electron chi connectivity index (χ1n) is 8.29. The molecule has 1 saturated heterocycles. The number of piperazine rings is 1. The Morgan fingerprint density at radius 3 is 2.88 bits per heavy atom. The Bertz CT molecular complexity index is 721. The van der Waals surface area contributed by atoms with Crippen LogP contribution in [0, 0.1) is 11.7 Å². The number of benzene rings is 1. The topological polar surface area (TPSA) is 50.2 Å². The average molecular weight is 367 g/mol. The van der Waals surface area contributed by atoms with Gasteiger partial charge in [0, 0.05) is 45.0 Å². The van der Waals surface area contributed by atoms with Crippen molar-refractivity contribution >= 4 is 18.3 Å². The van der Waals surface area contributed by atoms with Gasteiger partial charge in [0.25, 0.3) is 0 Å². The molecular formula is C18H24ClFN4O. The number of aryl methyl sites for hydroxylation is 1. The van der Waals surface area contributed by atoms with Crippen LogP contribution in [0.1, 0.15) is 24.4 Å². The first-order chi connectivity index (χ1) is 11.6. The molecule has 1 aromatic heterocycles. The van der Waals surface area contributed by atoms with Gasteiger partial charge >= 0.3 is 0 Å².